The van der Waals surface area contributed by atoms with Crippen LogP contribution in [0.15, 0.2) is 30.3 Å². The van der Waals surface area contributed by atoms with E-state index in [1.807, 2.05) is 30.3 Å². The molecule has 0 fully saturated rings. The van der Waals surface area contributed by atoms with Crippen molar-refractivity contribution in [3.05, 3.63) is 40.2 Å². The predicted molar refractivity (Wildman–Crippen MR) is 100 cm³/mol. The lowest BCUT2D eigenvalue weighted by Crippen LogP contribution is -2.28. The minimum Gasteiger partial charge on any atom is -0.490 e. The van der Waals surface area contributed by atoms with Gasteiger partial charge in [0, 0.05) is 11.6 Å². The lowest BCUT2D eigenvalue weighted by atomic mass is 10.1. The summed E-state index contributed by atoms with van der Waals surface area (Å²) in [6.45, 7) is 6.36. The number of nitrogens with one attached hydrogen (secondary N) is 1. The molecule has 3 rings (SSSR count). The number of halogens is 1. The number of carbonyl (C=O) groups is 1. The smallest absolute Gasteiger partial charge is 0.261 e. The fourth-order valence-electron chi connectivity index (χ4n) is 2.58. The number of rotatable bonds is 5. The van der Waals surface area contributed by atoms with Gasteiger partial charge in [0.25, 0.3) is 5.91 Å². The van der Waals surface area contributed by atoms with Gasteiger partial charge in [-0.15, -0.1) is 11.3 Å². The minimum atomic E-state index is -0.00789. The van der Waals surface area contributed by atoms with E-state index < -0.39 is 0 Å². The summed E-state index contributed by atoms with van der Waals surface area (Å²) in [4.78, 5) is 15.1. The highest BCUT2D eigenvalue weighted by Crippen LogP contribution is 2.40. The molecule has 0 saturated carbocycles. The fraction of sp³-hybridized carbons (Fsp3) is 0.389. The van der Waals surface area contributed by atoms with Crippen molar-refractivity contribution in [1.82, 2.24) is 5.32 Å². The van der Waals surface area contributed by atoms with Crippen LogP contribution in [0, 0.1) is 5.92 Å². The van der Waals surface area contributed by atoms with E-state index >= 15 is 0 Å². The van der Waals surface area contributed by atoms with Crippen LogP contribution in [0.3, 0.4) is 0 Å². The van der Waals surface area contributed by atoms with Crippen molar-refractivity contribution in [3.8, 4) is 5.75 Å². The first kappa shape index (κ1) is 17.1. The van der Waals surface area contributed by atoms with Crippen LogP contribution in [0.2, 0.25) is 5.02 Å². The number of hydrogen-bond donors (Lipinski definition) is 1. The van der Waals surface area contributed by atoms with Gasteiger partial charge in [-0.25, -0.2) is 0 Å². The Morgan fingerprint density at radius 2 is 2.21 bits per heavy atom. The number of fused-ring (bicyclic) bond motifs is 1. The average Bonchev–Trinajstić information content (AvgIpc) is 3.03. The highest BCUT2D eigenvalue weighted by Gasteiger charge is 2.22. The summed E-state index contributed by atoms with van der Waals surface area (Å²) in [5, 5.41) is 4.68. The molecular formula is C18H21ClN2O2S. The first-order chi connectivity index (χ1) is 11.5. The van der Waals surface area contributed by atoms with E-state index in [1.165, 1.54) is 11.3 Å². The van der Waals surface area contributed by atoms with Crippen LogP contribution in [0.25, 0.3) is 0 Å². The number of anilines is 2. The van der Waals surface area contributed by atoms with Crippen molar-refractivity contribution in [2.75, 3.05) is 24.6 Å². The fourth-order valence-corrected chi connectivity index (χ4v) is 3.70. The van der Waals surface area contributed by atoms with Gasteiger partial charge in [-0.2, -0.15) is 0 Å². The molecule has 24 heavy (non-hydrogen) atoms. The van der Waals surface area contributed by atoms with Gasteiger partial charge in [0.05, 0.1) is 22.1 Å². The van der Waals surface area contributed by atoms with E-state index in [-0.39, 0.29) is 5.91 Å². The van der Waals surface area contributed by atoms with Gasteiger partial charge in [-0.1, -0.05) is 25.4 Å². The first-order valence-electron chi connectivity index (χ1n) is 8.12. The van der Waals surface area contributed by atoms with Crippen LogP contribution >= 0.6 is 22.9 Å². The number of carbonyl (C=O) groups excluding carboxylic acids is 1. The Morgan fingerprint density at radius 3 is 3.00 bits per heavy atom. The zero-order chi connectivity index (χ0) is 17.1. The molecule has 1 aromatic heterocycles. The molecule has 128 valence electrons. The Balaban J connectivity index is 1.75. The molecule has 0 unspecified atom stereocenters. The van der Waals surface area contributed by atoms with Crippen LogP contribution in [0.1, 0.15) is 29.9 Å². The summed E-state index contributed by atoms with van der Waals surface area (Å²) in [5.41, 5.74) is 0.947. The van der Waals surface area contributed by atoms with Gasteiger partial charge < -0.3 is 15.0 Å². The molecule has 2 aromatic rings. The molecule has 0 aliphatic carbocycles. The van der Waals surface area contributed by atoms with Gasteiger partial charge in [0.15, 0.2) is 0 Å². The molecule has 1 aromatic carbocycles. The van der Waals surface area contributed by atoms with Crippen LogP contribution in [-0.2, 0) is 0 Å². The van der Waals surface area contributed by atoms with E-state index in [0.717, 1.165) is 34.3 Å². The lowest BCUT2D eigenvalue weighted by Gasteiger charge is -2.30. The minimum absolute atomic E-state index is 0.00789. The molecule has 0 bridgehead atoms. The van der Waals surface area contributed by atoms with Crippen molar-refractivity contribution >= 4 is 39.5 Å². The number of thiophene rings is 1. The zero-order valence-corrected chi connectivity index (χ0v) is 15.4. The highest BCUT2D eigenvalue weighted by molar-refractivity contribution is 7.18. The summed E-state index contributed by atoms with van der Waals surface area (Å²) in [7, 11) is 0. The topological polar surface area (TPSA) is 41.6 Å². The first-order valence-corrected chi connectivity index (χ1v) is 9.32. The number of ether oxygens (including phenoxy) is 1. The third-order valence-corrected chi connectivity index (χ3v) is 5.22. The Labute approximate surface area is 151 Å². The number of amides is 1. The standard InChI is InChI=1S/C18H21ClN2O2S/c1-12(2)7-8-20-18(22)16-5-6-17(24-16)21-9-10-23-15-4-3-13(19)11-14(15)21/h3-6,11-12H,7-10H2,1-2H3,(H,20,22). The van der Waals surface area contributed by atoms with E-state index in [9.17, 15) is 4.79 Å². The molecule has 1 N–H and O–H groups in total. The summed E-state index contributed by atoms with van der Waals surface area (Å²) in [6.07, 6.45) is 0.985. The van der Waals surface area contributed by atoms with Crippen LogP contribution in [0.4, 0.5) is 10.7 Å². The second-order valence-corrected chi connectivity index (χ2v) is 7.69. The molecule has 1 amide bonds. The van der Waals surface area contributed by atoms with Gasteiger partial charge in [0.2, 0.25) is 0 Å². The molecule has 1 aliphatic heterocycles. The summed E-state index contributed by atoms with van der Waals surface area (Å²) < 4.78 is 5.68. The van der Waals surface area contributed by atoms with Crippen molar-refractivity contribution in [2.24, 2.45) is 5.92 Å². The molecule has 0 atom stereocenters. The van der Waals surface area contributed by atoms with Crippen molar-refractivity contribution in [1.29, 1.82) is 0 Å². The molecular weight excluding hydrogens is 344 g/mol. The second kappa shape index (κ2) is 7.45. The van der Waals surface area contributed by atoms with Crippen molar-refractivity contribution in [3.63, 3.8) is 0 Å². The summed E-state index contributed by atoms with van der Waals surface area (Å²) in [6, 6.07) is 9.48. The van der Waals surface area contributed by atoms with Crippen LogP contribution in [-0.4, -0.2) is 25.6 Å². The van der Waals surface area contributed by atoms with Gasteiger partial charge in [-0.05, 0) is 42.7 Å². The Morgan fingerprint density at radius 1 is 1.38 bits per heavy atom. The predicted octanol–water partition coefficient (Wildman–Crippen LogP) is 4.71. The molecule has 2 heterocycles. The van der Waals surface area contributed by atoms with Crippen LogP contribution < -0.4 is 15.0 Å². The normalized spacial score (nSPS) is 13.6. The summed E-state index contributed by atoms with van der Waals surface area (Å²) in [5.74, 6) is 1.40. The zero-order valence-electron chi connectivity index (χ0n) is 13.8. The molecule has 0 radical (unpaired) electrons. The van der Waals surface area contributed by atoms with E-state index in [4.69, 9.17) is 16.3 Å². The van der Waals surface area contributed by atoms with Crippen molar-refractivity contribution < 1.29 is 9.53 Å². The number of benzene rings is 1. The molecule has 4 nitrogen and oxygen atoms in total. The monoisotopic (exact) mass is 364 g/mol. The van der Waals surface area contributed by atoms with E-state index in [1.54, 1.807) is 0 Å². The molecule has 0 saturated heterocycles. The number of nitrogens with zero attached hydrogens (tertiary/aromatic N) is 1. The maximum Gasteiger partial charge on any atom is 0.261 e. The van der Waals surface area contributed by atoms with Crippen LogP contribution in [0.5, 0.6) is 5.75 Å². The quantitative estimate of drug-likeness (QED) is 0.835. The molecule has 1 aliphatic rings. The third kappa shape index (κ3) is 3.84. The second-order valence-electron chi connectivity index (χ2n) is 6.19. The maximum atomic E-state index is 12.3. The Bertz CT molecular complexity index is 730. The summed E-state index contributed by atoms with van der Waals surface area (Å²) >= 11 is 7.62. The SMILES string of the molecule is CC(C)CCNC(=O)c1ccc(N2CCOc3ccc(Cl)cc32)s1. The average molecular weight is 365 g/mol. The van der Waals surface area contributed by atoms with E-state index in [0.29, 0.717) is 24.1 Å². The Hall–Kier alpha value is -1.72. The largest absolute Gasteiger partial charge is 0.490 e. The number of hydrogen-bond acceptors (Lipinski definition) is 4. The van der Waals surface area contributed by atoms with Gasteiger partial charge in [0.1, 0.15) is 12.4 Å². The van der Waals surface area contributed by atoms with Gasteiger partial charge >= 0.3 is 0 Å². The van der Waals surface area contributed by atoms with Gasteiger partial charge in [-0.3, -0.25) is 4.79 Å². The third-order valence-electron chi connectivity index (χ3n) is 3.87. The Kier molecular flexibility index (Phi) is 5.31. The molecule has 6 heteroatoms. The lowest BCUT2D eigenvalue weighted by molar-refractivity contribution is 0.0956. The van der Waals surface area contributed by atoms with Crippen molar-refractivity contribution in [2.45, 2.75) is 20.3 Å². The van der Waals surface area contributed by atoms with E-state index in [2.05, 4.69) is 24.1 Å². The maximum absolute atomic E-state index is 12.3. The highest BCUT2D eigenvalue weighted by atomic mass is 35.5. The molecule has 0 spiro atoms.